The van der Waals surface area contributed by atoms with Crippen LogP contribution < -0.4 is 5.56 Å². The molecule has 1 N–H and O–H groups in total. The molecule has 1 unspecified atom stereocenters. The Bertz CT molecular complexity index is 555. The van der Waals surface area contributed by atoms with Crippen molar-refractivity contribution in [2.24, 2.45) is 0 Å². The first-order valence-electron chi connectivity index (χ1n) is 4.39. The fourth-order valence-electron chi connectivity index (χ4n) is 1.29. The van der Waals surface area contributed by atoms with Crippen molar-refractivity contribution < 1.29 is 0 Å². The van der Waals surface area contributed by atoms with Gasteiger partial charge in [-0.05, 0) is 19.1 Å². The molecule has 15 heavy (non-hydrogen) atoms. The highest BCUT2D eigenvalue weighted by Crippen LogP contribution is 2.18. The zero-order chi connectivity index (χ0) is 10.8. The fourth-order valence-corrected chi connectivity index (χ4v) is 2.30. The SMILES string of the molecule is CC(c1nccs1)n1ccc(=O)[nH]c1=S. The summed E-state index contributed by atoms with van der Waals surface area (Å²) in [4.78, 5) is 17.8. The van der Waals surface area contributed by atoms with Crippen LogP contribution >= 0.6 is 23.6 Å². The Morgan fingerprint density at radius 2 is 2.47 bits per heavy atom. The smallest absolute Gasteiger partial charge is 0.251 e. The van der Waals surface area contributed by atoms with Gasteiger partial charge in [-0.25, -0.2) is 4.98 Å². The molecule has 0 radical (unpaired) electrons. The van der Waals surface area contributed by atoms with Gasteiger partial charge >= 0.3 is 0 Å². The third-order valence-electron chi connectivity index (χ3n) is 2.08. The molecular weight excluding hydrogens is 230 g/mol. The Morgan fingerprint density at radius 3 is 3.07 bits per heavy atom. The maximum absolute atomic E-state index is 11.0. The summed E-state index contributed by atoms with van der Waals surface area (Å²) in [6, 6.07) is 1.51. The molecule has 2 rings (SSSR count). The number of aromatic nitrogens is 3. The third kappa shape index (κ3) is 2.05. The number of hydrogen-bond donors (Lipinski definition) is 1. The minimum absolute atomic E-state index is 0.0503. The molecule has 0 bridgehead atoms. The van der Waals surface area contributed by atoms with E-state index in [2.05, 4.69) is 9.97 Å². The largest absolute Gasteiger partial charge is 0.315 e. The zero-order valence-electron chi connectivity index (χ0n) is 8.01. The van der Waals surface area contributed by atoms with Gasteiger partial charge in [0.25, 0.3) is 5.56 Å². The van der Waals surface area contributed by atoms with Crippen LogP contribution in [0.5, 0.6) is 0 Å². The van der Waals surface area contributed by atoms with Gasteiger partial charge in [-0.15, -0.1) is 11.3 Å². The lowest BCUT2D eigenvalue weighted by Gasteiger charge is -2.12. The summed E-state index contributed by atoms with van der Waals surface area (Å²) in [7, 11) is 0. The summed E-state index contributed by atoms with van der Waals surface area (Å²) < 4.78 is 2.24. The van der Waals surface area contributed by atoms with Gasteiger partial charge in [0, 0.05) is 23.8 Å². The number of nitrogens with one attached hydrogen (secondary N) is 1. The Morgan fingerprint density at radius 1 is 1.67 bits per heavy atom. The highest BCUT2D eigenvalue weighted by molar-refractivity contribution is 7.71. The highest BCUT2D eigenvalue weighted by Gasteiger charge is 2.09. The van der Waals surface area contributed by atoms with Crippen molar-refractivity contribution in [3.05, 3.63) is 44.0 Å². The third-order valence-corrected chi connectivity index (χ3v) is 3.34. The van der Waals surface area contributed by atoms with Gasteiger partial charge in [0.1, 0.15) is 5.01 Å². The molecule has 4 nitrogen and oxygen atoms in total. The van der Waals surface area contributed by atoms with Gasteiger partial charge in [-0.1, -0.05) is 0 Å². The molecule has 2 heterocycles. The van der Waals surface area contributed by atoms with Gasteiger partial charge in [-0.3, -0.25) is 9.78 Å². The van der Waals surface area contributed by atoms with E-state index in [1.54, 1.807) is 23.7 Å². The molecule has 2 aromatic heterocycles. The number of hydrogen-bond acceptors (Lipinski definition) is 4. The first-order chi connectivity index (χ1) is 7.18. The van der Waals surface area contributed by atoms with Crippen LogP contribution in [-0.2, 0) is 0 Å². The summed E-state index contributed by atoms with van der Waals surface area (Å²) in [5.74, 6) is 0. The summed E-state index contributed by atoms with van der Waals surface area (Å²) in [6.07, 6.45) is 3.44. The van der Waals surface area contributed by atoms with E-state index in [1.807, 2.05) is 16.9 Å². The van der Waals surface area contributed by atoms with Crippen LogP contribution in [0.1, 0.15) is 18.0 Å². The quantitative estimate of drug-likeness (QED) is 0.815. The van der Waals surface area contributed by atoms with E-state index in [0.717, 1.165) is 5.01 Å². The van der Waals surface area contributed by atoms with Crippen LogP contribution in [0.2, 0.25) is 0 Å². The summed E-state index contributed by atoms with van der Waals surface area (Å²) >= 11 is 6.64. The second-order valence-electron chi connectivity index (χ2n) is 3.06. The van der Waals surface area contributed by atoms with Crippen LogP contribution in [0.15, 0.2) is 28.6 Å². The van der Waals surface area contributed by atoms with Crippen molar-refractivity contribution in [3.8, 4) is 0 Å². The van der Waals surface area contributed by atoms with Crippen LogP contribution in [-0.4, -0.2) is 14.5 Å². The Kier molecular flexibility index (Phi) is 2.79. The maximum atomic E-state index is 11.0. The van der Waals surface area contributed by atoms with E-state index in [0.29, 0.717) is 4.77 Å². The number of rotatable bonds is 2. The van der Waals surface area contributed by atoms with Gasteiger partial charge < -0.3 is 4.57 Å². The second kappa shape index (κ2) is 4.08. The van der Waals surface area contributed by atoms with Gasteiger partial charge in [0.15, 0.2) is 4.77 Å². The molecule has 0 fully saturated rings. The van der Waals surface area contributed by atoms with Crippen molar-refractivity contribution in [3.63, 3.8) is 0 Å². The van der Waals surface area contributed by atoms with E-state index in [-0.39, 0.29) is 11.6 Å². The average Bonchev–Trinajstić information content (AvgIpc) is 2.69. The maximum Gasteiger partial charge on any atom is 0.251 e. The minimum atomic E-state index is -0.178. The van der Waals surface area contributed by atoms with E-state index in [1.165, 1.54) is 6.07 Å². The van der Waals surface area contributed by atoms with E-state index < -0.39 is 0 Å². The molecule has 0 saturated carbocycles. The second-order valence-corrected chi connectivity index (χ2v) is 4.38. The monoisotopic (exact) mass is 239 g/mol. The standard InChI is InChI=1S/C9H9N3OS2/c1-6(8-10-3-5-15-8)12-4-2-7(13)11-9(12)14/h2-6H,1H3,(H,11,13,14). The molecule has 0 saturated heterocycles. The molecule has 0 spiro atoms. The predicted octanol–water partition coefficient (Wildman–Crippen LogP) is 1.97. The molecule has 6 heteroatoms. The van der Waals surface area contributed by atoms with Crippen LogP contribution in [0.3, 0.4) is 0 Å². The average molecular weight is 239 g/mol. The molecule has 0 aliphatic carbocycles. The van der Waals surface area contributed by atoms with Crippen molar-refractivity contribution in [1.29, 1.82) is 0 Å². The van der Waals surface area contributed by atoms with Gasteiger partial charge in [0.2, 0.25) is 0 Å². The lowest BCUT2D eigenvalue weighted by Crippen LogP contribution is -2.14. The van der Waals surface area contributed by atoms with Crippen molar-refractivity contribution in [2.75, 3.05) is 0 Å². The number of H-pyrrole nitrogens is 1. The van der Waals surface area contributed by atoms with E-state index in [9.17, 15) is 4.79 Å². The van der Waals surface area contributed by atoms with Crippen LogP contribution in [0.4, 0.5) is 0 Å². The van der Waals surface area contributed by atoms with Crippen molar-refractivity contribution in [2.45, 2.75) is 13.0 Å². The number of nitrogens with zero attached hydrogens (tertiary/aromatic N) is 2. The molecule has 0 aliphatic rings. The minimum Gasteiger partial charge on any atom is -0.315 e. The van der Waals surface area contributed by atoms with E-state index in [4.69, 9.17) is 12.2 Å². The Hall–Kier alpha value is -1.27. The summed E-state index contributed by atoms with van der Waals surface area (Å²) in [6.45, 7) is 1.99. The summed E-state index contributed by atoms with van der Waals surface area (Å²) in [5, 5.41) is 2.89. The van der Waals surface area contributed by atoms with Gasteiger partial charge in [0.05, 0.1) is 6.04 Å². The van der Waals surface area contributed by atoms with E-state index >= 15 is 0 Å². The van der Waals surface area contributed by atoms with Crippen LogP contribution in [0, 0.1) is 4.77 Å². The highest BCUT2D eigenvalue weighted by atomic mass is 32.1. The molecule has 0 aromatic carbocycles. The predicted molar refractivity (Wildman–Crippen MR) is 61.8 cm³/mol. The lowest BCUT2D eigenvalue weighted by molar-refractivity contribution is 0.606. The summed E-state index contributed by atoms with van der Waals surface area (Å²) in [5.41, 5.74) is -0.178. The molecule has 0 aliphatic heterocycles. The Labute approximate surface area is 95.2 Å². The topological polar surface area (TPSA) is 50.7 Å². The van der Waals surface area contributed by atoms with Crippen molar-refractivity contribution >= 4 is 23.6 Å². The fraction of sp³-hybridized carbons (Fsp3) is 0.222. The van der Waals surface area contributed by atoms with Gasteiger partial charge in [-0.2, -0.15) is 0 Å². The Balaban J connectivity index is 2.47. The number of aromatic amines is 1. The molecule has 1 atom stereocenters. The molecule has 78 valence electrons. The first-order valence-corrected chi connectivity index (χ1v) is 5.68. The zero-order valence-corrected chi connectivity index (χ0v) is 9.64. The molecule has 0 amide bonds. The van der Waals surface area contributed by atoms with Crippen molar-refractivity contribution in [1.82, 2.24) is 14.5 Å². The van der Waals surface area contributed by atoms with Crippen LogP contribution in [0.25, 0.3) is 0 Å². The lowest BCUT2D eigenvalue weighted by atomic mass is 10.3. The molecular formula is C9H9N3OS2. The molecule has 2 aromatic rings. The number of thiazole rings is 1. The normalized spacial score (nSPS) is 12.6. The first kappa shape index (κ1) is 10.3.